The van der Waals surface area contributed by atoms with Crippen molar-refractivity contribution in [2.45, 2.75) is 26.1 Å². The van der Waals surface area contributed by atoms with Crippen LogP contribution in [0.15, 0.2) is 70.6 Å². The van der Waals surface area contributed by atoms with Crippen molar-refractivity contribution < 1.29 is 32.2 Å². The molecule has 0 amide bonds. The average molecular weight is 574 g/mol. The maximum atomic E-state index is 13.4. The van der Waals surface area contributed by atoms with Gasteiger partial charge in [0.1, 0.15) is 0 Å². The lowest BCUT2D eigenvalue weighted by Crippen LogP contribution is -2.26. The van der Waals surface area contributed by atoms with Gasteiger partial charge in [-0.15, -0.1) is 0 Å². The fourth-order valence-corrected chi connectivity index (χ4v) is 4.05. The van der Waals surface area contributed by atoms with Crippen LogP contribution in [0.5, 0.6) is 11.5 Å². The smallest absolute Gasteiger partial charge is 0.416 e. The molecule has 8 nitrogen and oxygen atoms in total. The van der Waals surface area contributed by atoms with Gasteiger partial charge >= 0.3 is 12.1 Å². The number of aromatic nitrogens is 2. The van der Waals surface area contributed by atoms with Crippen LogP contribution < -0.4 is 15.0 Å². The maximum Gasteiger partial charge on any atom is 0.416 e. The molecule has 0 spiro atoms. The molecule has 1 aromatic heterocycles. The third-order valence-electron chi connectivity index (χ3n) is 5.69. The van der Waals surface area contributed by atoms with E-state index in [1.807, 2.05) is 0 Å². The van der Waals surface area contributed by atoms with Crippen molar-refractivity contribution in [3.8, 4) is 22.9 Å². The molecule has 3 aromatic carbocycles. The Hall–Kier alpha value is -4.38. The minimum atomic E-state index is -4.59. The Morgan fingerprint density at radius 2 is 1.90 bits per heavy atom. The van der Waals surface area contributed by atoms with Crippen LogP contribution in [0.3, 0.4) is 0 Å². The number of ether oxygens (including phenoxy) is 3. The molecule has 1 heterocycles. The second-order valence-corrected chi connectivity index (χ2v) is 8.85. The number of hydrogen-bond donors (Lipinski definition) is 0. The SMILES string of the molecule is CCOC(=O)[C@@H](C)Oc1c(Cl)cc(C=Nn2c(-c3cccc(C(F)(F)F)c3)nc3ccccc3c2=O)cc1OC. The highest BCUT2D eigenvalue weighted by Gasteiger charge is 2.31. The largest absolute Gasteiger partial charge is 0.493 e. The number of benzene rings is 3. The van der Waals surface area contributed by atoms with Crippen LogP contribution in [0.1, 0.15) is 25.0 Å². The number of fused-ring (bicyclic) bond motifs is 1. The monoisotopic (exact) mass is 573 g/mol. The third-order valence-corrected chi connectivity index (χ3v) is 5.97. The van der Waals surface area contributed by atoms with Gasteiger partial charge in [0.2, 0.25) is 0 Å². The zero-order chi connectivity index (χ0) is 29.0. The fourth-order valence-electron chi connectivity index (χ4n) is 3.79. The van der Waals surface area contributed by atoms with Gasteiger partial charge in [0.05, 0.1) is 41.4 Å². The lowest BCUT2D eigenvalue weighted by atomic mass is 10.1. The lowest BCUT2D eigenvalue weighted by Gasteiger charge is -2.17. The number of carbonyl (C=O) groups excluding carboxylic acids is 1. The predicted octanol–water partition coefficient (Wildman–Crippen LogP) is 5.96. The lowest BCUT2D eigenvalue weighted by molar-refractivity contribution is -0.150. The van der Waals surface area contributed by atoms with Gasteiger partial charge < -0.3 is 14.2 Å². The van der Waals surface area contributed by atoms with Gasteiger partial charge in [-0.25, -0.2) is 9.78 Å². The summed E-state index contributed by atoms with van der Waals surface area (Å²) in [6.07, 6.45) is -4.28. The number of hydrogen-bond acceptors (Lipinski definition) is 7. The first-order valence-corrected chi connectivity index (χ1v) is 12.4. The first-order valence-electron chi connectivity index (χ1n) is 12.0. The van der Waals surface area contributed by atoms with E-state index in [2.05, 4.69) is 10.1 Å². The highest BCUT2D eigenvalue weighted by atomic mass is 35.5. The number of rotatable bonds is 8. The molecule has 0 radical (unpaired) electrons. The average Bonchev–Trinajstić information content (AvgIpc) is 2.93. The molecule has 208 valence electrons. The number of carbonyl (C=O) groups is 1. The Balaban J connectivity index is 1.80. The summed E-state index contributed by atoms with van der Waals surface area (Å²) in [7, 11) is 1.37. The first-order chi connectivity index (χ1) is 19.0. The summed E-state index contributed by atoms with van der Waals surface area (Å²) in [5.74, 6) is -0.410. The number of halogens is 4. The molecule has 0 aliphatic carbocycles. The highest BCUT2D eigenvalue weighted by molar-refractivity contribution is 6.32. The molecule has 0 fully saturated rings. The standard InChI is InChI=1S/C28H23ClF3N3O5/c1-4-39-27(37)16(2)40-24-21(29)12-17(13-23(24)38-3)15-33-35-25(18-8-7-9-19(14-18)28(30,31)32)34-22-11-6-5-10-20(22)26(35)36/h5-16H,4H2,1-3H3/t16-/m1/s1. The molecule has 4 aromatic rings. The molecule has 40 heavy (non-hydrogen) atoms. The maximum absolute atomic E-state index is 13.4. The van der Waals surface area contributed by atoms with Gasteiger partial charge in [0.15, 0.2) is 23.4 Å². The molecule has 1 atom stereocenters. The van der Waals surface area contributed by atoms with Crippen molar-refractivity contribution in [2.75, 3.05) is 13.7 Å². The van der Waals surface area contributed by atoms with Gasteiger partial charge in [0.25, 0.3) is 5.56 Å². The van der Waals surface area contributed by atoms with Gasteiger partial charge in [-0.05, 0) is 55.8 Å². The fraction of sp³-hybridized carbons (Fsp3) is 0.214. The van der Waals surface area contributed by atoms with Crippen molar-refractivity contribution >= 4 is 34.7 Å². The second kappa shape index (κ2) is 11.8. The molecule has 0 aliphatic rings. The van der Waals surface area contributed by atoms with E-state index in [1.165, 1.54) is 44.5 Å². The molecule has 12 heteroatoms. The van der Waals surface area contributed by atoms with Crippen LogP contribution >= 0.6 is 11.6 Å². The van der Waals surface area contributed by atoms with Crippen LogP contribution in [-0.2, 0) is 15.7 Å². The van der Waals surface area contributed by atoms with Crippen LogP contribution in [-0.4, -0.2) is 41.7 Å². The summed E-state index contributed by atoms with van der Waals surface area (Å²) in [5, 5.41) is 4.57. The molecular formula is C28H23ClF3N3O5. The second-order valence-electron chi connectivity index (χ2n) is 8.44. The Morgan fingerprint density at radius 3 is 2.60 bits per heavy atom. The molecule has 4 rings (SSSR count). The summed E-state index contributed by atoms with van der Waals surface area (Å²) in [5.41, 5.74) is -0.772. The molecule has 0 saturated carbocycles. The van der Waals surface area contributed by atoms with Crippen LogP contribution in [0, 0.1) is 0 Å². The molecular weight excluding hydrogens is 551 g/mol. The van der Waals surface area contributed by atoms with Crippen molar-refractivity contribution in [3.63, 3.8) is 0 Å². The van der Waals surface area contributed by atoms with Gasteiger partial charge in [0, 0.05) is 5.56 Å². The molecule has 0 N–H and O–H groups in total. The highest BCUT2D eigenvalue weighted by Crippen LogP contribution is 2.37. The molecule has 0 aliphatic heterocycles. The van der Waals surface area contributed by atoms with Crippen molar-refractivity contribution in [1.29, 1.82) is 0 Å². The summed E-state index contributed by atoms with van der Waals surface area (Å²) in [6, 6.07) is 13.9. The van der Waals surface area contributed by atoms with E-state index in [9.17, 15) is 22.8 Å². The summed E-state index contributed by atoms with van der Waals surface area (Å²) in [6.45, 7) is 3.34. The summed E-state index contributed by atoms with van der Waals surface area (Å²) in [4.78, 5) is 29.8. The number of nitrogens with zero attached hydrogens (tertiary/aromatic N) is 3. The Morgan fingerprint density at radius 1 is 1.15 bits per heavy atom. The van der Waals surface area contributed by atoms with Gasteiger partial charge in [-0.2, -0.15) is 22.9 Å². The Bertz CT molecular complexity index is 1650. The van der Waals surface area contributed by atoms with Crippen molar-refractivity contribution in [2.24, 2.45) is 5.10 Å². The van der Waals surface area contributed by atoms with E-state index in [0.29, 0.717) is 11.1 Å². The quantitative estimate of drug-likeness (QED) is 0.191. The Kier molecular flexibility index (Phi) is 8.43. The Labute approximate surface area is 231 Å². The zero-order valence-electron chi connectivity index (χ0n) is 21.5. The van der Waals surface area contributed by atoms with E-state index < -0.39 is 29.4 Å². The van der Waals surface area contributed by atoms with E-state index in [0.717, 1.165) is 16.8 Å². The molecule has 0 unspecified atom stereocenters. The predicted molar refractivity (Wildman–Crippen MR) is 144 cm³/mol. The number of para-hydroxylation sites is 1. The molecule has 0 bridgehead atoms. The van der Waals surface area contributed by atoms with Crippen molar-refractivity contribution in [1.82, 2.24) is 9.66 Å². The minimum Gasteiger partial charge on any atom is -0.493 e. The van der Waals surface area contributed by atoms with E-state index in [-0.39, 0.29) is 39.9 Å². The van der Waals surface area contributed by atoms with Crippen LogP contribution in [0.2, 0.25) is 5.02 Å². The number of methoxy groups -OCH3 is 1. The van der Waals surface area contributed by atoms with Crippen LogP contribution in [0.25, 0.3) is 22.3 Å². The van der Waals surface area contributed by atoms with Crippen LogP contribution in [0.4, 0.5) is 13.2 Å². The van der Waals surface area contributed by atoms with E-state index >= 15 is 0 Å². The van der Waals surface area contributed by atoms with Gasteiger partial charge in [-0.3, -0.25) is 4.79 Å². The summed E-state index contributed by atoms with van der Waals surface area (Å²) >= 11 is 6.41. The first kappa shape index (κ1) is 28.6. The molecule has 0 saturated heterocycles. The van der Waals surface area contributed by atoms with Crippen molar-refractivity contribution in [3.05, 3.63) is 87.2 Å². The van der Waals surface area contributed by atoms with E-state index in [1.54, 1.807) is 31.2 Å². The zero-order valence-corrected chi connectivity index (χ0v) is 22.3. The normalized spacial score (nSPS) is 12.5. The minimum absolute atomic E-state index is 0.0436. The summed E-state index contributed by atoms with van der Waals surface area (Å²) < 4.78 is 57.1. The van der Waals surface area contributed by atoms with Gasteiger partial charge in [-0.1, -0.05) is 35.9 Å². The topological polar surface area (TPSA) is 92.0 Å². The number of esters is 1. The number of alkyl halides is 3. The third kappa shape index (κ3) is 6.09. The van der Waals surface area contributed by atoms with E-state index in [4.69, 9.17) is 25.8 Å².